The fourth-order valence-corrected chi connectivity index (χ4v) is 1.94. The molecule has 3 heteroatoms. The Balaban J connectivity index is 2.52. The smallest absolute Gasteiger partial charge is 0.0672 e. The van der Waals surface area contributed by atoms with Crippen LogP contribution in [0.25, 0.3) is 11.1 Å². The zero-order chi connectivity index (χ0) is 12.6. The van der Waals surface area contributed by atoms with Gasteiger partial charge in [-0.3, -0.25) is 4.68 Å². The van der Waals surface area contributed by atoms with E-state index in [1.54, 1.807) is 0 Å². The number of hydrogen-bond acceptors (Lipinski definition) is 2. The largest absolute Gasteiger partial charge is 0.398 e. The first-order chi connectivity index (χ1) is 7.99. The van der Waals surface area contributed by atoms with E-state index in [9.17, 15) is 0 Å². The van der Waals surface area contributed by atoms with Gasteiger partial charge >= 0.3 is 0 Å². The number of rotatable bonds is 2. The van der Waals surface area contributed by atoms with Gasteiger partial charge in [0.05, 0.1) is 5.69 Å². The van der Waals surface area contributed by atoms with E-state index >= 15 is 0 Å². The predicted octanol–water partition coefficient (Wildman–Crippen LogP) is 3.33. The molecule has 0 spiro atoms. The average Bonchev–Trinajstić information content (AvgIpc) is 2.61. The number of hydrogen-bond donors (Lipinski definition) is 1. The van der Waals surface area contributed by atoms with E-state index in [0.717, 1.165) is 22.5 Å². The van der Waals surface area contributed by atoms with Gasteiger partial charge in [0.15, 0.2) is 0 Å². The van der Waals surface area contributed by atoms with Crippen LogP contribution in [0.1, 0.15) is 31.1 Å². The van der Waals surface area contributed by atoms with E-state index < -0.39 is 0 Å². The van der Waals surface area contributed by atoms with Gasteiger partial charge in [-0.25, -0.2) is 0 Å². The standard InChI is InChI=1S/C14H19N3/c1-9(2)17-8-13(11(4)16-17)12-6-5-10(3)7-14(12)15/h5-9H,15H2,1-4H3. The molecule has 0 amide bonds. The summed E-state index contributed by atoms with van der Waals surface area (Å²) in [6.07, 6.45) is 2.07. The minimum atomic E-state index is 0.370. The van der Waals surface area contributed by atoms with Crippen molar-refractivity contribution in [1.29, 1.82) is 0 Å². The zero-order valence-electron chi connectivity index (χ0n) is 10.9. The number of nitrogen functional groups attached to an aromatic ring is 1. The monoisotopic (exact) mass is 229 g/mol. The molecule has 0 saturated heterocycles. The van der Waals surface area contributed by atoms with Crippen LogP contribution in [0.15, 0.2) is 24.4 Å². The van der Waals surface area contributed by atoms with Crippen LogP contribution in [-0.4, -0.2) is 9.78 Å². The molecule has 1 aromatic heterocycles. The highest BCUT2D eigenvalue weighted by Crippen LogP contribution is 2.29. The Bertz CT molecular complexity index is 538. The zero-order valence-corrected chi connectivity index (χ0v) is 10.9. The topological polar surface area (TPSA) is 43.8 Å². The van der Waals surface area contributed by atoms with Gasteiger partial charge in [-0.05, 0) is 39.3 Å². The van der Waals surface area contributed by atoms with Crippen molar-refractivity contribution < 1.29 is 0 Å². The molecule has 0 bridgehead atoms. The Morgan fingerprint density at radius 2 is 1.88 bits per heavy atom. The third-order valence-corrected chi connectivity index (χ3v) is 2.94. The van der Waals surface area contributed by atoms with E-state index in [-0.39, 0.29) is 0 Å². The number of anilines is 1. The van der Waals surface area contributed by atoms with Crippen molar-refractivity contribution in [3.05, 3.63) is 35.7 Å². The number of aryl methyl sites for hydroxylation is 2. The molecule has 17 heavy (non-hydrogen) atoms. The molecule has 1 aromatic carbocycles. The van der Waals surface area contributed by atoms with Crippen LogP contribution >= 0.6 is 0 Å². The lowest BCUT2D eigenvalue weighted by atomic mass is 10.0. The fraction of sp³-hybridized carbons (Fsp3) is 0.357. The molecule has 0 unspecified atom stereocenters. The van der Waals surface area contributed by atoms with Crippen LogP contribution in [0, 0.1) is 13.8 Å². The summed E-state index contributed by atoms with van der Waals surface area (Å²) in [5.41, 5.74) is 11.3. The summed E-state index contributed by atoms with van der Waals surface area (Å²) in [5.74, 6) is 0. The SMILES string of the molecule is Cc1ccc(-c2cn(C(C)C)nc2C)c(N)c1. The summed E-state index contributed by atoms with van der Waals surface area (Å²) in [4.78, 5) is 0. The summed E-state index contributed by atoms with van der Waals surface area (Å²) >= 11 is 0. The second kappa shape index (κ2) is 4.24. The van der Waals surface area contributed by atoms with Crippen molar-refractivity contribution in [2.24, 2.45) is 0 Å². The van der Waals surface area contributed by atoms with Gasteiger partial charge in [0.25, 0.3) is 0 Å². The molecule has 3 nitrogen and oxygen atoms in total. The second-order valence-corrected chi connectivity index (χ2v) is 4.79. The fourth-order valence-electron chi connectivity index (χ4n) is 1.94. The Labute approximate surface area is 102 Å². The third kappa shape index (κ3) is 2.18. The summed E-state index contributed by atoms with van der Waals surface area (Å²) in [6, 6.07) is 6.52. The molecular weight excluding hydrogens is 210 g/mol. The lowest BCUT2D eigenvalue weighted by Crippen LogP contribution is -2.00. The average molecular weight is 229 g/mol. The van der Waals surface area contributed by atoms with Crippen LogP contribution in [0.2, 0.25) is 0 Å². The third-order valence-electron chi connectivity index (χ3n) is 2.94. The maximum atomic E-state index is 6.07. The van der Waals surface area contributed by atoms with E-state index in [0.29, 0.717) is 6.04 Å². The van der Waals surface area contributed by atoms with Crippen molar-refractivity contribution in [2.75, 3.05) is 5.73 Å². The van der Waals surface area contributed by atoms with Gasteiger partial charge < -0.3 is 5.73 Å². The van der Waals surface area contributed by atoms with E-state index in [1.807, 2.05) is 24.6 Å². The highest BCUT2D eigenvalue weighted by molar-refractivity contribution is 5.77. The Morgan fingerprint density at radius 3 is 2.41 bits per heavy atom. The van der Waals surface area contributed by atoms with Gasteiger partial charge in [0.1, 0.15) is 0 Å². The van der Waals surface area contributed by atoms with E-state index in [4.69, 9.17) is 5.73 Å². The number of benzene rings is 1. The molecule has 2 N–H and O–H groups in total. The normalized spacial score (nSPS) is 11.1. The van der Waals surface area contributed by atoms with E-state index in [1.165, 1.54) is 5.56 Å². The minimum absolute atomic E-state index is 0.370. The molecule has 2 rings (SSSR count). The minimum Gasteiger partial charge on any atom is -0.398 e. The molecule has 0 fully saturated rings. The first-order valence-corrected chi connectivity index (χ1v) is 5.91. The molecule has 0 radical (unpaired) electrons. The van der Waals surface area contributed by atoms with Crippen LogP contribution in [0.4, 0.5) is 5.69 Å². The first-order valence-electron chi connectivity index (χ1n) is 5.91. The highest BCUT2D eigenvalue weighted by Gasteiger charge is 2.11. The predicted molar refractivity (Wildman–Crippen MR) is 71.9 cm³/mol. The Hall–Kier alpha value is -1.77. The Morgan fingerprint density at radius 1 is 1.18 bits per heavy atom. The molecule has 0 aliphatic rings. The first kappa shape index (κ1) is 11.7. The van der Waals surface area contributed by atoms with Crippen molar-refractivity contribution in [1.82, 2.24) is 9.78 Å². The molecular formula is C14H19N3. The maximum Gasteiger partial charge on any atom is 0.0672 e. The molecule has 0 atom stereocenters. The van der Waals surface area contributed by atoms with Crippen LogP contribution < -0.4 is 5.73 Å². The molecule has 0 aliphatic carbocycles. The molecule has 90 valence electrons. The van der Waals surface area contributed by atoms with E-state index in [2.05, 4.69) is 37.3 Å². The van der Waals surface area contributed by atoms with Crippen LogP contribution in [-0.2, 0) is 0 Å². The number of nitrogens with zero attached hydrogens (tertiary/aromatic N) is 2. The van der Waals surface area contributed by atoms with Crippen molar-refractivity contribution in [2.45, 2.75) is 33.7 Å². The summed E-state index contributed by atoms with van der Waals surface area (Å²) in [6.45, 7) is 8.31. The van der Waals surface area contributed by atoms with Crippen molar-refractivity contribution >= 4 is 5.69 Å². The quantitative estimate of drug-likeness (QED) is 0.803. The molecule has 1 heterocycles. The summed E-state index contributed by atoms with van der Waals surface area (Å²) in [7, 11) is 0. The van der Waals surface area contributed by atoms with Crippen molar-refractivity contribution in [3.8, 4) is 11.1 Å². The number of aromatic nitrogens is 2. The highest BCUT2D eigenvalue weighted by atomic mass is 15.3. The second-order valence-electron chi connectivity index (χ2n) is 4.79. The molecule has 0 aliphatic heterocycles. The molecule has 2 aromatic rings. The van der Waals surface area contributed by atoms with Crippen LogP contribution in [0.5, 0.6) is 0 Å². The summed E-state index contributed by atoms with van der Waals surface area (Å²) < 4.78 is 1.98. The van der Waals surface area contributed by atoms with Gasteiger partial charge in [-0.15, -0.1) is 0 Å². The maximum absolute atomic E-state index is 6.07. The lowest BCUT2D eigenvalue weighted by Gasteiger charge is -2.05. The van der Waals surface area contributed by atoms with Gasteiger partial charge in [-0.1, -0.05) is 12.1 Å². The molecule has 0 saturated carbocycles. The van der Waals surface area contributed by atoms with Crippen LogP contribution in [0.3, 0.4) is 0 Å². The van der Waals surface area contributed by atoms with Crippen molar-refractivity contribution in [3.63, 3.8) is 0 Å². The lowest BCUT2D eigenvalue weighted by molar-refractivity contribution is 0.529. The Kier molecular flexibility index (Phi) is 2.92. The number of nitrogens with two attached hydrogens (primary N) is 1. The van der Waals surface area contributed by atoms with Gasteiger partial charge in [0, 0.05) is 29.1 Å². The summed E-state index contributed by atoms with van der Waals surface area (Å²) in [5, 5.41) is 4.51. The van der Waals surface area contributed by atoms with Gasteiger partial charge in [-0.2, -0.15) is 5.10 Å². The van der Waals surface area contributed by atoms with Gasteiger partial charge in [0.2, 0.25) is 0 Å².